The number of rotatable bonds is 2. The summed E-state index contributed by atoms with van der Waals surface area (Å²) in [5.74, 6) is 0.268. The fraction of sp³-hybridized carbons (Fsp3) is 0.619. The van der Waals surface area contributed by atoms with Crippen molar-refractivity contribution < 1.29 is 10.2 Å². The van der Waals surface area contributed by atoms with Crippen LogP contribution in [-0.2, 0) is 5.41 Å². The van der Waals surface area contributed by atoms with Gasteiger partial charge < -0.3 is 15.1 Å². The molecule has 3 aliphatic heterocycles. The SMILES string of the molecule is C/C=C1/CN2CC[C@@]34c5ccccc5N(C)C3[C@@H]2C[C@@H]1C4(CO)CO. The van der Waals surface area contributed by atoms with Gasteiger partial charge in [-0.1, -0.05) is 29.8 Å². The normalized spacial score (nSPS) is 39.6. The van der Waals surface area contributed by atoms with Crippen molar-refractivity contribution in [3.63, 3.8) is 0 Å². The summed E-state index contributed by atoms with van der Waals surface area (Å²) in [4.78, 5) is 5.10. The van der Waals surface area contributed by atoms with Crippen LogP contribution in [0.3, 0.4) is 0 Å². The Labute approximate surface area is 149 Å². The molecule has 0 amide bonds. The van der Waals surface area contributed by atoms with Crippen LogP contribution in [0.5, 0.6) is 0 Å². The Hall–Kier alpha value is -1.36. The van der Waals surface area contributed by atoms with Gasteiger partial charge in [-0.25, -0.2) is 0 Å². The second-order valence-electron chi connectivity index (χ2n) is 8.46. The van der Waals surface area contributed by atoms with E-state index < -0.39 is 5.41 Å². The van der Waals surface area contributed by atoms with E-state index in [1.54, 1.807) is 0 Å². The van der Waals surface area contributed by atoms with E-state index in [0.717, 1.165) is 25.9 Å². The summed E-state index contributed by atoms with van der Waals surface area (Å²) >= 11 is 0. The fourth-order valence-electron chi connectivity index (χ4n) is 7.11. The number of hydrogen-bond acceptors (Lipinski definition) is 4. The molecule has 4 heteroatoms. The molecule has 0 radical (unpaired) electrons. The van der Waals surface area contributed by atoms with Gasteiger partial charge in [0.25, 0.3) is 0 Å². The highest BCUT2D eigenvalue weighted by Crippen LogP contribution is 2.67. The molecule has 1 unspecified atom stereocenters. The van der Waals surface area contributed by atoms with Crippen molar-refractivity contribution in [2.45, 2.75) is 37.3 Å². The molecular formula is C21H28N2O2. The number of hydrogen-bond donors (Lipinski definition) is 2. The zero-order valence-corrected chi connectivity index (χ0v) is 15.2. The summed E-state index contributed by atoms with van der Waals surface area (Å²) in [5, 5.41) is 21.4. The Kier molecular flexibility index (Phi) is 3.23. The van der Waals surface area contributed by atoms with Crippen molar-refractivity contribution in [3.05, 3.63) is 41.5 Å². The standard InChI is InChI=1S/C21H28N2O2/c1-3-14-11-23-9-8-21-15-6-4-5-7-17(15)22(2)19(21)18(23)10-16(14)20(21,12-24)13-25/h3-7,16,18-19,24-25H,8-13H2,1-2H3/b14-3-/t16-,18-,19?,21+/m0/s1. The largest absolute Gasteiger partial charge is 0.396 e. The molecule has 1 aromatic rings. The van der Waals surface area contributed by atoms with Gasteiger partial charge in [-0.2, -0.15) is 0 Å². The minimum absolute atomic E-state index is 0.0525. The number of benzene rings is 1. The van der Waals surface area contributed by atoms with Crippen LogP contribution in [0.4, 0.5) is 5.69 Å². The van der Waals surface area contributed by atoms with Crippen LogP contribution in [0.2, 0.25) is 0 Å². The summed E-state index contributed by atoms with van der Waals surface area (Å²) in [6.45, 7) is 4.26. The van der Waals surface area contributed by atoms with Crippen LogP contribution < -0.4 is 4.90 Å². The van der Waals surface area contributed by atoms with Crippen molar-refractivity contribution in [1.29, 1.82) is 0 Å². The first-order valence-electron chi connectivity index (χ1n) is 9.58. The van der Waals surface area contributed by atoms with E-state index in [1.165, 1.54) is 16.8 Å². The number of para-hydroxylation sites is 1. The lowest BCUT2D eigenvalue weighted by molar-refractivity contribution is -0.148. The highest BCUT2D eigenvalue weighted by atomic mass is 16.3. The second kappa shape index (κ2) is 5.09. The van der Waals surface area contributed by atoms with E-state index in [1.807, 2.05) is 0 Å². The Morgan fingerprint density at radius 1 is 1.24 bits per heavy atom. The van der Waals surface area contributed by atoms with Crippen molar-refractivity contribution >= 4 is 5.69 Å². The van der Waals surface area contributed by atoms with E-state index in [0.29, 0.717) is 12.1 Å². The lowest BCUT2D eigenvalue weighted by atomic mass is 9.43. The molecule has 3 heterocycles. The number of aliphatic hydroxyl groups excluding tert-OH is 2. The monoisotopic (exact) mass is 340 g/mol. The molecule has 4 nitrogen and oxygen atoms in total. The summed E-state index contributed by atoms with van der Waals surface area (Å²) in [5.41, 5.74) is 3.39. The second-order valence-corrected chi connectivity index (χ2v) is 8.46. The smallest absolute Gasteiger partial charge is 0.0547 e. The van der Waals surface area contributed by atoms with Crippen molar-refractivity contribution in [1.82, 2.24) is 4.90 Å². The maximum atomic E-state index is 10.7. The van der Waals surface area contributed by atoms with Crippen molar-refractivity contribution in [2.75, 3.05) is 38.3 Å². The molecule has 134 valence electrons. The lowest BCUT2D eigenvalue weighted by Gasteiger charge is -2.68. The number of likely N-dealkylation sites (N-methyl/N-ethyl adjacent to an activating group) is 1. The van der Waals surface area contributed by atoms with Gasteiger partial charge in [0, 0.05) is 36.2 Å². The van der Waals surface area contributed by atoms with E-state index in [2.05, 4.69) is 54.1 Å². The number of anilines is 1. The van der Waals surface area contributed by atoms with Crippen molar-refractivity contribution in [2.24, 2.45) is 11.3 Å². The molecule has 1 saturated carbocycles. The average molecular weight is 340 g/mol. The highest BCUT2D eigenvalue weighted by Gasteiger charge is 2.72. The van der Waals surface area contributed by atoms with Gasteiger partial charge in [-0.05, 0) is 43.9 Å². The number of nitrogens with zero attached hydrogens (tertiary/aromatic N) is 2. The highest BCUT2D eigenvalue weighted by molar-refractivity contribution is 5.67. The maximum Gasteiger partial charge on any atom is 0.0547 e. The van der Waals surface area contributed by atoms with Crippen LogP contribution in [0.25, 0.3) is 0 Å². The molecule has 5 rings (SSSR count). The first-order valence-corrected chi connectivity index (χ1v) is 9.58. The third-order valence-corrected chi connectivity index (χ3v) is 8.11. The first kappa shape index (κ1) is 15.9. The molecule has 2 saturated heterocycles. The third-order valence-electron chi connectivity index (χ3n) is 8.11. The number of fused-ring (bicyclic) bond motifs is 2. The Morgan fingerprint density at radius 2 is 2.00 bits per heavy atom. The number of allylic oxidation sites excluding steroid dienone is 1. The molecule has 4 aliphatic rings. The Balaban J connectivity index is 1.83. The van der Waals surface area contributed by atoms with Gasteiger partial charge in [0.2, 0.25) is 0 Å². The third kappa shape index (κ3) is 1.56. The Bertz CT molecular complexity index is 741. The van der Waals surface area contributed by atoms with Crippen LogP contribution in [0, 0.1) is 11.3 Å². The predicted molar refractivity (Wildman–Crippen MR) is 98.8 cm³/mol. The molecule has 4 atom stereocenters. The molecule has 0 spiro atoms. The quantitative estimate of drug-likeness (QED) is 0.806. The molecule has 3 bridgehead atoms. The van der Waals surface area contributed by atoms with Gasteiger partial charge in [0.1, 0.15) is 0 Å². The van der Waals surface area contributed by atoms with Gasteiger partial charge in [0.15, 0.2) is 0 Å². The minimum atomic E-state index is -0.483. The zero-order valence-electron chi connectivity index (χ0n) is 15.2. The van der Waals surface area contributed by atoms with E-state index in [9.17, 15) is 10.2 Å². The van der Waals surface area contributed by atoms with Crippen LogP contribution in [0.15, 0.2) is 35.9 Å². The summed E-state index contributed by atoms with van der Waals surface area (Å²) in [7, 11) is 2.21. The topological polar surface area (TPSA) is 46.9 Å². The maximum absolute atomic E-state index is 10.7. The predicted octanol–water partition coefficient (Wildman–Crippen LogP) is 1.77. The van der Waals surface area contributed by atoms with Gasteiger partial charge in [0.05, 0.1) is 19.3 Å². The first-order chi connectivity index (χ1) is 12.1. The Morgan fingerprint density at radius 3 is 2.72 bits per heavy atom. The van der Waals surface area contributed by atoms with E-state index in [-0.39, 0.29) is 24.5 Å². The molecule has 2 N–H and O–H groups in total. The summed E-state index contributed by atoms with van der Waals surface area (Å²) in [6.07, 6.45) is 4.30. The molecule has 1 aliphatic carbocycles. The van der Waals surface area contributed by atoms with Gasteiger partial charge in [-0.15, -0.1) is 0 Å². The zero-order chi connectivity index (χ0) is 17.4. The number of aliphatic hydroxyl groups is 2. The van der Waals surface area contributed by atoms with Gasteiger partial charge >= 0.3 is 0 Å². The fourth-order valence-corrected chi connectivity index (χ4v) is 7.11. The molecular weight excluding hydrogens is 312 g/mol. The van der Waals surface area contributed by atoms with E-state index in [4.69, 9.17) is 0 Å². The average Bonchev–Trinajstić information content (AvgIpc) is 2.93. The molecule has 0 aromatic heterocycles. The van der Waals surface area contributed by atoms with Crippen LogP contribution in [0.1, 0.15) is 25.3 Å². The lowest BCUT2D eigenvalue weighted by Crippen LogP contribution is -2.77. The molecule has 3 fully saturated rings. The molecule has 1 aromatic carbocycles. The van der Waals surface area contributed by atoms with Gasteiger partial charge in [-0.3, -0.25) is 4.90 Å². The van der Waals surface area contributed by atoms with Crippen LogP contribution in [-0.4, -0.2) is 60.5 Å². The summed E-state index contributed by atoms with van der Waals surface area (Å²) < 4.78 is 0. The minimum Gasteiger partial charge on any atom is -0.396 e. The molecule has 25 heavy (non-hydrogen) atoms. The van der Waals surface area contributed by atoms with Crippen molar-refractivity contribution in [3.8, 4) is 0 Å². The van der Waals surface area contributed by atoms with Crippen LogP contribution >= 0.6 is 0 Å². The summed E-state index contributed by atoms with van der Waals surface area (Å²) in [6, 6.07) is 9.54. The number of piperidine rings is 2. The van der Waals surface area contributed by atoms with E-state index >= 15 is 0 Å².